The van der Waals surface area contributed by atoms with Crippen molar-refractivity contribution in [2.75, 3.05) is 6.61 Å². The fourth-order valence-corrected chi connectivity index (χ4v) is 4.05. The topological polar surface area (TPSA) is 109 Å². The van der Waals surface area contributed by atoms with E-state index in [4.69, 9.17) is 9.47 Å². The number of nitro benzene ring substituents is 1. The summed E-state index contributed by atoms with van der Waals surface area (Å²) in [6.45, 7) is 6.33. The summed E-state index contributed by atoms with van der Waals surface area (Å²) in [5.74, 6) is 1.51. The van der Waals surface area contributed by atoms with Crippen molar-refractivity contribution in [3.63, 3.8) is 0 Å². The molecule has 0 N–H and O–H groups in total. The molecule has 1 aromatic heterocycles. The van der Waals surface area contributed by atoms with Crippen LogP contribution in [0.5, 0.6) is 11.5 Å². The third kappa shape index (κ3) is 6.03. The van der Waals surface area contributed by atoms with Crippen molar-refractivity contribution < 1.29 is 14.4 Å². The Hall–Kier alpha value is -4.05. The van der Waals surface area contributed by atoms with Gasteiger partial charge < -0.3 is 9.47 Å². The van der Waals surface area contributed by atoms with Gasteiger partial charge in [0.25, 0.3) is 11.2 Å². The number of non-ortho nitro benzene ring substituents is 1. The largest absolute Gasteiger partial charge is 0.490 e. The molecule has 0 fully saturated rings. The van der Waals surface area contributed by atoms with E-state index in [0.29, 0.717) is 46.0 Å². The molecular weight excluding hydrogens is 540 g/mol. The number of fused-ring (bicyclic) bond motifs is 1. The van der Waals surface area contributed by atoms with Crippen LogP contribution in [0.25, 0.3) is 10.9 Å². The van der Waals surface area contributed by atoms with E-state index in [-0.39, 0.29) is 23.8 Å². The molecule has 0 bridgehead atoms. The summed E-state index contributed by atoms with van der Waals surface area (Å²) in [5.41, 5.74) is 1.73. The lowest BCUT2D eigenvalue weighted by molar-refractivity contribution is -0.384. The molecule has 0 amide bonds. The molecular formula is C27H25BrN4O5. The van der Waals surface area contributed by atoms with Crippen molar-refractivity contribution in [1.29, 1.82) is 0 Å². The lowest BCUT2D eigenvalue weighted by atomic mass is 10.2. The SMILES string of the molecule is CCOc1cc(C=Nn2c(C(C)C)nc3ccc(Br)cc3c2=O)ccc1OCc1cccc([N+](=O)[O-])c1. The van der Waals surface area contributed by atoms with Crippen LogP contribution in [0.2, 0.25) is 0 Å². The molecule has 0 aliphatic rings. The second-order valence-electron chi connectivity index (χ2n) is 8.50. The minimum atomic E-state index is -0.441. The number of hydrogen-bond acceptors (Lipinski definition) is 7. The van der Waals surface area contributed by atoms with Crippen molar-refractivity contribution in [1.82, 2.24) is 9.66 Å². The summed E-state index contributed by atoms with van der Waals surface area (Å²) in [6, 6.07) is 17.0. The first-order valence-corrected chi connectivity index (χ1v) is 12.5. The smallest absolute Gasteiger partial charge is 0.282 e. The van der Waals surface area contributed by atoms with Crippen molar-refractivity contribution in [2.45, 2.75) is 33.3 Å². The summed E-state index contributed by atoms with van der Waals surface area (Å²) in [5, 5.41) is 16.0. The number of ether oxygens (including phenoxy) is 2. The highest BCUT2D eigenvalue weighted by atomic mass is 79.9. The fraction of sp³-hybridized carbons (Fsp3) is 0.222. The molecule has 9 nitrogen and oxygen atoms in total. The van der Waals surface area contributed by atoms with E-state index in [1.807, 2.05) is 32.9 Å². The van der Waals surface area contributed by atoms with E-state index in [9.17, 15) is 14.9 Å². The number of benzene rings is 3. The molecule has 190 valence electrons. The van der Waals surface area contributed by atoms with Gasteiger partial charge in [-0.1, -0.05) is 41.9 Å². The van der Waals surface area contributed by atoms with Gasteiger partial charge in [0.05, 0.1) is 28.6 Å². The predicted molar refractivity (Wildman–Crippen MR) is 146 cm³/mol. The maximum atomic E-state index is 13.2. The van der Waals surface area contributed by atoms with E-state index in [2.05, 4.69) is 26.0 Å². The van der Waals surface area contributed by atoms with Crippen LogP contribution in [-0.2, 0) is 6.61 Å². The summed E-state index contributed by atoms with van der Waals surface area (Å²) in [4.78, 5) is 28.5. The van der Waals surface area contributed by atoms with Crippen molar-refractivity contribution in [3.8, 4) is 11.5 Å². The Bertz CT molecular complexity index is 1550. The Balaban J connectivity index is 1.63. The monoisotopic (exact) mass is 564 g/mol. The molecule has 0 aliphatic heterocycles. The summed E-state index contributed by atoms with van der Waals surface area (Å²) in [7, 11) is 0. The normalized spacial score (nSPS) is 11.4. The number of rotatable bonds is 9. The van der Waals surface area contributed by atoms with Gasteiger partial charge in [-0.15, -0.1) is 0 Å². The number of nitro groups is 1. The van der Waals surface area contributed by atoms with E-state index in [0.717, 1.165) is 4.47 Å². The predicted octanol–water partition coefficient (Wildman–Crippen LogP) is 6.05. The van der Waals surface area contributed by atoms with Crippen molar-refractivity contribution >= 4 is 38.7 Å². The zero-order valence-electron chi connectivity index (χ0n) is 20.6. The van der Waals surface area contributed by atoms with E-state index >= 15 is 0 Å². The molecule has 0 unspecified atom stereocenters. The average molecular weight is 565 g/mol. The van der Waals surface area contributed by atoms with Gasteiger partial charge in [0.15, 0.2) is 11.5 Å². The molecule has 4 aromatic rings. The van der Waals surface area contributed by atoms with Crippen molar-refractivity contribution in [2.24, 2.45) is 5.10 Å². The summed E-state index contributed by atoms with van der Waals surface area (Å²) >= 11 is 3.41. The van der Waals surface area contributed by atoms with Crippen LogP contribution in [0, 0.1) is 10.1 Å². The van der Waals surface area contributed by atoms with Crippen LogP contribution >= 0.6 is 15.9 Å². The Morgan fingerprint density at radius 3 is 2.65 bits per heavy atom. The van der Waals surface area contributed by atoms with Crippen LogP contribution in [-0.4, -0.2) is 27.4 Å². The Morgan fingerprint density at radius 2 is 1.92 bits per heavy atom. The van der Waals surface area contributed by atoms with Gasteiger partial charge in [-0.25, -0.2) is 4.98 Å². The second kappa shape index (κ2) is 11.3. The zero-order valence-corrected chi connectivity index (χ0v) is 22.1. The molecule has 0 saturated carbocycles. The standard InChI is InChI=1S/C27H25BrN4O5/c1-4-36-25-13-18(8-11-24(25)37-16-19-6-5-7-21(12-19)32(34)35)15-29-31-26(17(2)3)30-23-10-9-20(28)14-22(23)27(31)33/h5-15,17H,4,16H2,1-3H3. The highest BCUT2D eigenvalue weighted by molar-refractivity contribution is 9.10. The van der Waals surface area contributed by atoms with Crippen LogP contribution in [0.4, 0.5) is 5.69 Å². The molecule has 10 heteroatoms. The minimum Gasteiger partial charge on any atom is -0.490 e. The molecule has 1 heterocycles. The molecule has 0 saturated heterocycles. The van der Waals surface area contributed by atoms with Gasteiger partial charge in [0.2, 0.25) is 0 Å². The van der Waals surface area contributed by atoms with Crippen LogP contribution < -0.4 is 15.0 Å². The fourth-order valence-electron chi connectivity index (χ4n) is 3.69. The maximum absolute atomic E-state index is 13.2. The Kier molecular flexibility index (Phi) is 7.98. The van der Waals surface area contributed by atoms with Gasteiger partial charge in [0.1, 0.15) is 12.4 Å². The first-order valence-electron chi connectivity index (χ1n) is 11.7. The molecule has 37 heavy (non-hydrogen) atoms. The van der Waals surface area contributed by atoms with Crippen molar-refractivity contribution in [3.05, 3.63) is 103 Å². The van der Waals surface area contributed by atoms with Crippen LogP contribution in [0.1, 0.15) is 43.6 Å². The lowest BCUT2D eigenvalue weighted by Crippen LogP contribution is -2.23. The van der Waals surface area contributed by atoms with Gasteiger partial charge in [-0.3, -0.25) is 14.9 Å². The van der Waals surface area contributed by atoms with Gasteiger partial charge in [-0.05, 0) is 54.4 Å². The molecule has 4 rings (SSSR count). The molecule has 3 aromatic carbocycles. The average Bonchev–Trinajstić information content (AvgIpc) is 2.88. The van der Waals surface area contributed by atoms with Gasteiger partial charge in [0, 0.05) is 22.5 Å². The molecule has 0 atom stereocenters. The van der Waals surface area contributed by atoms with Gasteiger partial charge in [-0.2, -0.15) is 9.78 Å². The van der Waals surface area contributed by atoms with E-state index < -0.39 is 4.92 Å². The first kappa shape index (κ1) is 26.0. The molecule has 0 spiro atoms. The zero-order chi connectivity index (χ0) is 26.5. The Morgan fingerprint density at radius 1 is 1.11 bits per heavy atom. The molecule has 0 radical (unpaired) electrons. The highest BCUT2D eigenvalue weighted by Gasteiger charge is 2.14. The summed E-state index contributed by atoms with van der Waals surface area (Å²) in [6.07, 6.45) is 1.58. The first-order chi connectivity index (χ1) is 17.8. The quantitative estimate of drug-likeness (QED) is 0.139. The number of aromatic nitrogens is 2. The van der Waals surface area contributed by atoms with Crippen LogP contribution in [0.15, 0.2) is 75.0 Å². The Labute approximate surface area is 221 Å². The second-order valence-corrected chi connectivity index (χ2v) is 9.42. The maximum Gasteiger partial charge on any atom is 0.282 e. The highest BCUT2D eigenvalue weighted by Crippen LogP contribution is 2.29. The number of halogens is 1. The third-order valence-electron chi connectivity index (χ3n) is 5.46. The third-order valence-corrected chi connectivity index (χ3v) is 5.95. The number of nitrogens with zero attached hydrogens (tertiary/aromatic N) is 4. The van der Waals surface area contributed by atoms with Gasteiger partial charge >= 0.3 is 0 Å². The van der Waals surface area contributed by atoms with Crippen LogP contribution in [0.3, 0.4) is 0 Å². The lowest BCUT2D eigenvalue weighted by Gasteiger charge is -2.13. The number of hydrogen-bond donors (Lipinski definition) is 0. The van der Waals surface area contributed by atoms with E-state index in [1.54, 1.807) is 42.6 Å². The minimum absolute atomic E-state index is 0.00392. The van der Waals surface area contributed by atoms with E-state index in [1.165, 1.54) is 16.8 Å². The molecule has 0 aliphatic carbocycles. The summed E-state index contributed by atoms with van der Waals surface area (Å²) < 4.78 is 13.8.